The first kappa shape index (κ1) is 14.9. The topological polar surface area (TPSA) is 56.7 Å². The van der Waals surface area contributed by atoms with Crippen LogP contribution >= 0.6 is 11.3 Å². The van der Waals surface area contributed by atoms with Gasteiger partial charge in [0.25, 0.3) is 0 Å². The summed E-state index contributed by atoms with van der Waals surface area (Å²) in [7, 11) is 0. The molecule has 0 aromatic carbocycles. The Morgan fingerprint density at radius 3 is 2.81 bits per heavy atom. The smallest absolute Gasteiger partial charge is 0.243 e. The van der Waals surface area contributed by atoms with Gasteiger partial charge in [-0.15, -0.1) is 11.3 Å². The zero-order chi connectivity index (χ0) is 14.9. The molecule has 2 aliphatic heterocycles. The lowest BCUT2D eigenvalue weighted by Crippen LogP contribution is -2.60. The Morgan fingerprint density at radius 1 is 1.38 bits per heavy atom. The van der Waals surface area contributed by atoms with Crippen LogP contribution in [0.1, 0.15) is 36.4 Å². The lowest BCUT2D eigenvalue weighted by molar-refractivity contribution is -0.148. The van der Waals surface area contributed by atoms with Crippen molar-refractivity contribution >= 4 is 17.2 Å². The second kappa shape index (κ2) is 6.02. The van der Waals surface area contributed by atoms with Gasteiger partial charge in [-0.1, -0.05) is 0 Å². The van der Waals surface area contributed by atoms with E-state index in [0.29, 0.717) is 6.54 Å². The molecule has 6 heteroatoms. The number of carbonyl (C=O) groups is 1. The van der Waals surface area contributed by atoms with Gasteiger partial charge in [0.15, 0.2) is 0 Å². The standard InChI is InChI=1S/C15H23N3O2S/c1-12-11-21-13(16-12)10-18-7-3-5-15(18)4-2-6-17(8-9-19)14(15)20/h11,19H,2-10H2,1H3. The lowest BCUT2D eigenvalue weighted by atomic mass is 9.85. The van der Waals surface area contributed by atoms with Crippen molar-refractivity contribution in [1.82, 2.24) is 14.8 Å². The van der Waals surface area contributed by atoms with E-state index in [4.69, 9.17) is 5.11 Å². The zero-order valence-electron chi connectivity index (χ0n) is 12.5. The first-order valence-electron chi connectivity index (χ1n) is 7.72. The van der Waals surface area contributed by atoms with E-state index in [1.165, 1.54) is 0 Å². The maximum atomic E-state index is 12.9. The van der Waals surface area contributed by atoms with Gasteiger partial charge >= 0.3 is 0 Å². The Hall–Kier alpha value is -0.980. The van der Waals surface area contributed by atoms with Crippen LogP contribution in [0.25, 0.3) is 0 Å². The van der Waals surface area contributed by atoms with Crippen molar-refractivity contribution in [2.24, 2.45) is 0 Å². The van der Waals surface area contributed by atoms with E-state index in [-0.39, 0.29) is 18.1 Å². The summed E-state index contributed by atoms with van der Waals surface area (Å²) in [5.74, 6) is 0.216. The molecule has 2 fully saturated rings. The quantitative estimate of drug-likeness (QED) is 0.913. The van der Waals surface area contributed by atoms with Crippen LogP contribution in [0, 0.1) is 6.92 Å². The van der Waals surface area contributed by atoms with Gasteiger partial charge in [0.1, 0.15) is 10.5 Å². The number of rotatable bonds is 4. The van der Waals surface area contributed by atoms with Gasteiger partial charge in [-0.3, -0.25) is 9.69 Å². The van der Waals surface area contributed by atoms with Crippen molar-refractivity contribution in [3.8, 4) is 0 Å². The maximum Gasteiger partial charge on any atom is 0.243 e. The number of aliphatic hydroxyl groups excluding tert-OH is 1. The molecule has 1 unspecified atom stereocenters. The second-order valence-electron chi connectivity index (χ2n) is 6.06. The fourth-order valence-corrected chi connectivity index (χ4v) is 4.51. The molecule has 1 N–H and O–H groups in total. The second-order valence-corrected chi connectivity index (χ2v) is 7.00. The van der Waals surface area contributed by atoms with Gasteiger partial charge in [0.2, 0.25) is 5.91 Å². The monoisotopic (exact) mass is 309 g/mol. The summed E-state index contributed by atoms with van der Waals surface area (Å²) in [4.78, 5) is 21.6. The van der Waals surface area contributed by atoms with Crippen molar-refractivity contribution in [3.05, 3.63) is 16.1 Å². The van der Waals surface area contributed by atoms with Gasteiger partial charge in [0.05, 0.1) is 13.2 Å². The summed E-state index contributed by atoms with van der Waals surface area (Å²) >= 11 is 1.68. The number of nitrogens with zero attached hydrogens (tertiary/aromatic N) is 3. The molecule has 2 saturated heterocycles. The maximum absolute atomic E-state index is 12.9. The fourth-order valence-electron chi connectivity index (χ4n) is 3.73. The number of aromatic nitrogens is 1. The lowest BCUT2D eigenvalue weighted by Gasteiger charge is -2.44. The van der Waals surface area contributed by atoms with Crippen LogP contribution in [0.3, 0.4) is 0 Å². The number of piperidine rings is 1. The highest BCUT2D eigenvalue weighted by molar-refractivity contribution is 7.09. The molecule has 116 valence electrons. The molecule has 1 aromatic rings. The summed E-state index contributed by atoms with van der Waals surface area (Å²) in [6.07, 6.45) is 3.98. The van der Waals surface area contributed by atoms with Crippen molar-refractivity contribution < 1.29 is 9.90 Å². The van der Waals surface area contributed by atoms with E-state index >= 15 is 0 Å². The van der Waals surface area contributed by atoms with Crippen molar-refractivity contribution in [2.75, 3.05) is 26.2 Å². The predicted molar refractivity (Wildman–Crippen MR) is 82.1 cm³/mol. The molecule has 0 saturated carbocycles. The van der Waals surface area contributed by atoms with E-state index < -0.39 is 0 Å². The molecule has 3 heterocycles. The normalized spacial score (nSPS) is 27.0. The molecule has 1 atom stereocenters. The van der Waals surface area contributed by atoms with Crippen LogP contribution < -0.4 is 0 Å². The number of hydrogen-bond donors (Lipinski definition) is 1. The van der Waals surface area contributed by atoms with Crippen LogP contribution in [0.2, 0.25) is 0 Å². The van der Waals surface area contributed by atoms with E-state index in [1.54, 1.807) is 11.3 Å². The molecule has 5 nitrogen and oxygen atoms in total. The number of aliphatic hydroxyl groups is 1. The summed E-state index contributed by atoms with van der Waals surface area (Å²) < 4.78 is 0. The van der Waals surface area contributed by atoms with Crippen LogP contribution in [-0.2, 0) is 11.3 Å². The Morgan fingerprint density at radius 2 is 2.14 bits per heavy atom. The molecule has 1 spiro atoms. The summed E-state index contributed by atoms with van der Waals surface area (Å²) in [6, 6.07) is 0. The van der Waals surface area contributed by atoms with Crippen molar-refractivity contribution in [2.45, 2.75) is 44.7 Å². The predicted octanol–water partition coefficient (Wildman–Crippen LogP) is 1.40. The van der Waals surface area contributed by atoms with E-state index in [1.807, 2.05) is 11.8 Å². The molecular weight excluding hydrogens is 286 g/mol. The summed E-state index contributed by atoms with van der Waals surface area (Å²) in [5, 5.41) is 12.3. The minimum Gasteiger partial charge on any atom is -0.395 e. The minimum atomic E-state index is -0.340. The number of aryl methyl sites for hydroxylation is 1. The molecule has 0 bridgehead atoms. The first-order chi connectivity index (χ1) is 10.2. The molecule has 0 aliphatic carbocycles. The SMILES string of the molecule is Cc1csc(CN2CCCC23CCCN(CCO)C3=O)n1. The molecule has 0 radical (unpaired) electrons. The number of likely N-dealkylation sites (tertiary alicyclic amines) is 2. The zero-order valence-corrected chi connectivity index (χ0v) is 13.4. The molecule has 2 aliphatic rings. The third-order valence-corrected chi connectivity index (χ3v) is 5.64. The highest BCUT2D eigenvalue weighted by atomic mass is 32.1. The number of carbonyl (C=O) groups excluding carboxylic acids is 1. The average Bonchev–Trinajstić information content (AvgIpc) is 3.04. The average molecular weight is 309 g/mol. The van der Waals surface area contributed by atoms with Gasteiger partial charge in [-0.05, 0) is 39.2 Å². The van der Waals surface area contributed by atoms with Crippen LogP contribution in [-0.4, -0.2) is 57.6 Å². The third kappa shape index (κ3) is 2.72. The van der Waals surface area contributed by atoms with E-state index in [9.17, 15) is 4.79 Å². The van der Waals surface area contributed by atoms with Gasteiger partial charge in [0, 0.05) is 24.2 Å². The van der Waals surface area contributed by atoms with Crippen LogP contribution in [0.4, 0.5) is 0 Å². The molecule has 1 amide bonds. The van der Waals surface area contributed by atoms with Crippen molar-refractivity contribution in [3.63, 3.8) is 0 Å². The van der Waals surface area contributed by atoms with E-state index in [0.717, 1.165) is 56.0 Å². The largest absolute Gasteiger partial charge is 0.395 e. The van der Waals surface area contributed by atoms with Crippen molar-refractivity contribution in [1.29, 1.82) is 0 Å². The first-order valence-corrected chi connectivity index (χ1v) is 8.60. The number of amides is 1. The van der Waals surface area contributed by atoms with Crippen LogP contribution in [0.15, 0.2) is 5.38 Å². The number of thiazole rings is 1. The highest BCUT2D eigenvalue weighted by Gasteiger charge is 2.50. The minimum absolute atomic E-state index is 0.0491. The van der Waals surface area contributed by atoms with Gasteiger partial charge in [-0.25, -0.2) is 4.98 Å². The Bertz CT molecular complexity index is 517. The van der Waals surface area contributed by atoms with Gasteiger partial charge in [-0.2, -0.15) is 0 Å². The molecule has 1 aromatic heterocycles. The highest BCUT2D eigenvalue weighted by Crippen LogP contribution is 2.39. The third-order valence-electron chi connectivity index (χ3n) is 4.69. The van der Waals surface area contributed by atoms with Crippen LogP contribution in [0.5, 0.6) is 0 Å². The van der Waals surface area contributed by atoms with Gasteiger partial charge < -0.3 is 10.0 Å². The summed E-state index contributed by atoms with van der Waals surface area (Å²) in [6.45, 7) is 5.05. The molecule has 3 rings (SSSR count). The molecular formula is C15H23N3O2S. The Labute approximate surface area is 129 Å². The van der Waals surface area contributed by atoms with E-state index in [2.05, 4.69) is 15.3 Å². The fraction of sp³-hybridized carbons (Fsp3) is 0.733. The number of β-amino-alcohol motifs (C(OH)–C–C–N with tert-alkyl or cyclic N) is 1. The molecule has 21 heavy (non-hydrogen) atoms. The summed E-state index contributed by atoms with van der Waals surface area (Å²) in [5.41, 5.74) is 0.715. The Kier molecular flexibility index (Phi) is 4.28. The Balaban J connectivity index is 1.79. The number of hydrogen-bond acceptors (Lipinski definition) is 5.